The molecule has 7 nitrogen and oxygen atoms in total. The van der Waals surface area contributed by atoms with Crippen molar-refractivity contribution in [3.05, 3.63) is 83.1 Å². The number of nitrogens with zero attached hydrogens (tertiary/aromatic N) is 1. The highest BCUT2D eigenvalue weighted by Crippen LogP contribution is 2.34. The molecular formula is C30H36FN3O4S. The van der Waals surface area contributed by atoms with Crippen LogP contribution in [0.4, 0.5) is 4.39 Å². The van der Waals surface area contributed by atoms with Gasteiger partial charge in [0.25, 0.3) is 0 Å². The molecule has 3 N–H and O–H groups in total. The number of benzene rings is 2. The summed E-state index contributed by atoms with van der Waals surface area (Å²) in [6, 6.07) is 12.7. The first-order valence-corrected chi connectivity index (χ1v) is 13.0. The lowest BCUT2D eigenvalue weighted by Crippen LogP contribution is -2.09. The van der Waals surface area contributed by atoms with Gasteiger partial charge in [0.2, 0.25) is 0 Å². The molecule has 2 aromatic heterocycles. The molecule has 0 spiro atoms. The van der Waals surface area contributed by atoms with Crippen LogP contribution in [0.25, 0.3) is 22.1 Å². The SMILES string of the molecule is CC(C)(C)S.CNCc1nccc(-c2cc(COc3cc(CN)ccc3CC(=O)OC)cc3ccoc23)c1F. The van der Waals surface area contributed by atoms with Crippen LogP contribution in [0, 0.1) is 5.82 Å². The Kier molecular flexibility index (Phi) is 10.5. The molecule has 4 aromatic rings. The lowest BCUT2D eigenvalue weighted by molar-refractivity contribution is -0.139. The number of hydrogen-bond acceptors (Lipinski definition) is 8. The van der Waals surface area contributed by atoms with E-state index in [1.54, 1.807) is 25.6 Å². The van der Waals surface area contributed by atoms with Gasteiger partial charge in [-0.15, -0.1) is 0 Å². The fourth-order valence-electron chi connectivity index (χ4n) is 3.81. The van der Waals surface area contributed by atoms with Gasteiger partial charge < -0.3 is 24.9 Å². The molecule has 9 heteroatoms. The molecule has 0 aliphatic heterocycles. The predicted octanol–water partition coefficient (Wildman–Crippen LogP) is 5.82. The molecule has 4 rings (SSSR count). The molecule has 0 radical (unpaired) electrons. The quantitative estimate of drug-likeness (QED) is 0.177. The molecule has 0 saturated carbocycles. The minimum atomic E-state index is -0.399. The summed E-state index contributed by atoms with van der Waals surface area (Å²) in [4.78, 5) is 16.0. The van der Waals surface area contributed by atoms with Crippen LogP contribution in [-0.2, 0) is 35.6 Å². The van der Waals surface area contributed by atoms with Crippen molar-refractivity contribution in [3.63, 3.8) is 0 Å². The molecule has 208 valence electrons. The highest BCUT2D eigenvalue weighted by atomic mass is 32.1. The van der Waals surface area contributed by atoms with Gasteiger partial charge in [-0.1, -0.05) is 32.9 Å². The smallest absolute Gasteiger partial charge is 0.310 e. The van der Waals surface area contributed by atoms with Crippen molar-refractivity contribution in [1.29, 1.82) is 0 Å². The predicted molar refractivity (Wildman–Crippen MR) is 155 cm³/mol. The number of aromatic nitrogens is 1. The van der Waals surface area contributed by atoms with E-state index < -0.39 is 5.82 Å². The Morgan fingerprint density at radius 1 is 1.13 bits per heavy atom. The number of nitrogens with two attached hydrogens (primary N) is 1. The Balaban J connectivity index is 0.000000771. The number of fused-ring (bicyclic) bond motifs is 1. The normalized spacial score (nSPS) is 11.2. The van der Waals surface area contributed by atoms with Crippen LogP contribution in [-0.4, -0.2) is 29.9 Å². The molecular weight excluding hydrogens is 517 g/mol. The van der Waals surface area contributed by atoms with E-state index >= 15 is 4.39 Å². The number of hydrogen-bond donors (Lipinski definition) is 3. The van der Waals surface area contributed by atoms with Crippen molar-refractivity contribution in [3.8, 4) is 16.9 Å². The largest absolute Gasteiger partial charge is 0.489 e. The van der Waals surface area contributed by atoms with Gasteiger partial charge in [0, 0.05) is 46.1 Å². The van der Waals surface area contributed by atoms with E-state index in [-0.39, 0.29) is 23.7 Å². The summed E-state index contributed by atoms with van der Waals surface area (Å²) in [7, 11) is 3.09. The molecule has 0 aliphatic rings. The van der Waals surface area contributed by atoms with Gasteiger partial charge in [-0.05, 0) is 48.5 Å². The fourth-order valence-corrected chi connectivity index (χ4v) is 3.81. The highest BCUT2D eigenvalue weighted by molar-refractivity contribution is 7.81. The maximum atomic E-state index is 15.2. The van der Waals surface area contributed by atoms with Crippen LogP contribution < -0.4 is 15.8 Å². The van der Waals surface area contributed by atoms with Gasteiger partial charge in [0.15, 0.2) is 5.82 Å². The summed E-state index contributed by atoms with van der Waals surface area (Å²) in [6.45, 7) is 7.01. The highest BCUT2D eigenvalue weighted by Gasteiger charge is 2.17. The number of halogens is 1. The Morgan fingerprint density at radius 2 is 1.87 bits per heavy atom. The van der Waals surface area contributed by atoms with Crippen LogP contribution >= 0.6 is 12.6 Å². The first-order chi connectivity index (χ1) is 18.5. The molecule has 39 heavy (non-hydrogen) atoms. The van der Waals surface area contributed by atoms with E-state index in [1.165, 1.54) is 7.11 Å². The van der Waals surface area contributed by atoms with Gasteiger partial charge in [-0.2, -0.15) is 12.6 Å². The molecule has 0 amide bonds. The van der Waals surface area contributed by atoms with Crippen LogP contribution in [0.1, 0.15) is 43.2 Å². The van der Waals surface area contributed by atoms with Gasteiger partial charge in [-0.3, -0.25) is 9.78 Å². The standard InChI is InChI=1S/C26H26FN3O4.C4H10S/c1-29-14-22-25(27)20(5-7-30-22)21-10-17(9-19-6-8-33-26(19)21)15-34-23-11-16(13-28)3-4-18(23)12-24(31)32-2;1-4(2,3)5/h3-11,29H,12-15,28H2,1-2H3;5H,1-3H3. The number of carbonyl (C=O) groups is 1. The minimum Gasteiger partial charge on any atom is -0.489 e. The van der Waals surface area contributed by atoms with Gasteiger partial charge in [0.1, 0.15) is 17.9 Å². The first kappa shape index (κ1) is 30.1. The van der Waals surface area contributed by atoms with Crippen LogP contribution in [0.3, 0.4) is 0 Å². The summed E-state index contributed by atoms with van der Waals surface area (Å²) < 4.78 is 32.0. The third kappa shape index (κ3) is 8.54. The Morgan fingerprint density at radius 3 is 2.54 bits per heavy atom. The summed E-state index contributed by atoms with van der Waals surface area (Å²) in [5.74, 6) is -0.213. The Labute approximate surface area is 234 Å². The lowest BCUT2D eigenvalue weighted by atomic mass is 10.00. The third-order valence-corrected chi connectivity index (χ3v) is 5.53. The average Bonchev–Trinajstić information content (AvgIpc) is 3.37. The number of thiol groups is 1. The maximum Gasteiger partial charge on any atom is 0.310 e. The topological polar surface area (TPSA) is 99.6 Å². The van der Waals surface area contributed by atoms with E-state index in [4.69, 9.17) is 19.6 Å². The molecule has 0 fully saturated rings. The van der Waals surface area contributed by atoms with Crippen molar-refractivity contribution in [1.82, 2.24) is 10.3 Å². The van der Waals surface area contributed by atoms with E-state index in [1.807, 2.05) is 36.4 Å². The van der Waals surface area contributed by atoms with Crippen LogP contribution in [0.5, 0.6) is 5.75 Å². The maximum absolute atomic E-state index is 15.2. The molecule has 0 atom stereocenters. The van der Waals surface area contributed by atoms with Crippen LogP contribution in [0.2, 0.25) is 0 Å². The second-order valence-electron chi connectivity index (χ2n) is 9.99. The zero-order chi connectivity index (χ0) is 28.6. The van der Waals surface area contributed by atoms with E-state index in [9.17, 15) is 4.79 Å². The minimum absolute atomic E-state index is 0.0825. The van der Waals surface area contributed by atoms with Crippen molar-refractivity contribution < 1.29 is 23.1 Å². The Hall–Kier alpha value is -3.40. The molecule has 0 aliphatic carbocycles. The first-order valence-electron chi connectivity index (χ1n) is 12.6. The lowest BCUT2D eigenvalue weighted by Gasteiger charge is -2.14. The molecule has 2 aromatic carbocycles. The van der Waals surface area contributed by atoms with Gasteiger partial charge in [-0.25, -0.2) is 4.39 Å². The molecule has 0 bridgehead atoms. The van der Waals surface area contributed by atoms with Gasteiger partial charge in [0.05, 0.1) is 25.5 Å². The summed E-state index contributed by atoms with van der Waals surface area (Å²) in [5.41, 5.74) is 10.1. The van der Waals surface area contributed by atoms with E-state index in [2.05, 4.69) is 43.7 Å². The number of rotatable bonds is 9. The second-order valence-corrected chi connectivity index (χ2v) is 11.3. The zero-order valence-electron chi connectivity index (χ0n) is 23.0. The second kappa shape index (κ2) is 13.6. The number of esters is 1. The number of methoxy groups -OCH3 is 1. The van der Waals surface area contributed by atoms with Crippen LogP contribution in [0.15, 0.2) is 59.3 Å². The zero-order valence-corrected chi connectivity index (χ0v) is 23.9. The van der Waals surface area contributed by atoms with Crippen molar-refractivity contribution >= 4 is 29.6 Å². The summed E-state index contributed by atoms with van der Waals surface area (Å²) in [5, 5.41) is 3.76. The van der Waals surface area contributed by atoms with Crippen molar-refractivity contribution in [2.75, 3.05) is 14.2 Å². The average molecular weight is 554 g/mol. The van der Waals surface area contributed by atoms with Crippen molar-refractivity contribution in [2.45, 2.75) is 51.6 Å². The van der Waals surface area contributed by atoms with E-state index in [0.717, 1.165) is 16.5 Å². The van der Waals surface area contributed by atoms with Gasteiger partial charge >= 0.3 is 5.97 Å². The molecule has 2 heterocycles. The molecule has 0 saturated heterocycles. The number of carbonyl (C=O) groups excluding carboxylic acids is 1. The number of pyridine rings is 1. The van der Waals surface area contributed by atoms with E-state index in [0.29, 0.717) is 46.8 Å². The fraction of sp³-hybridized carbons (Fsp3) is 0.333. The monoisotopic (exact) mass is 553 g/mol. The summed E-state index contributed by atoms with van der Waals surface area (Å²) >= 11 is 4.12. The molecule has 0 unspecified atom stereocenters. The number of nitrogens with one attached hydrogen (secondary N) is 1. The number of furan rings is 1. The van der Waals surface area contributed by atoms with Crippen molar-refractivity contribution in [2.24, 2.45) is 5.73 Å². The third-order valence-electron chi connectivity index (χ3n) is 5.53. The summed E-state index contributed by atoms with van der Waals surface area (Å²) in [6.07, 6.45) is 3.24. The Bertz CT molecular complexity index is 1410. The number of ether oxygens (including phenoxy) is 2.